The summed E-state index contributed by atoms with van der Waals surface area (Å²) in [5.41, 5.74) is 9.47. The van der Waals surface area contributed by atoms with Crippen molar-refractivity contribution in [3.05, 3.63) is 81.9 Å². The number of aromatic nitrogens is 3. The van der Waals surface area contributed by atoms with Crippen LogP contribution in [0.3, 0.4) is 0 Å². The first-order valence-corrected chi connectivity index (χ1v) is 15.2. The van der Waals surface area contributed by atoms with Crippen LogP contribution in [-0.2, 0) is 30.4 Å². The molecule has 9 nitrogen and oxygen atoms in total. The number of rotatable bonds is 10. The first-order valence-electron chi connectivity index (χ1n) is 12.6. The van der Waals surface area contributed by atoms with Gasteiger partial charge in [0.05, 0.1) is 34.1 Å². The van der Waals surface area contributed by atoms with Gasteiger partial charge in [0.15, 0.2) is 0 Å². The molecule has 1 aliphatic heterocycles. The van der Waals surface area contributed by atoms with Crippen LogP contribution < -0.4 is 10.5 Å². The highest BCUT2D eigenvalue weighted by Crippen LogP contribution is 2.32. The Kier molecular flexibility index (Phi) is 8.35. The number of fused-ring (bicyclic) bond motifs is 1. The summed E-state index contributed by atoms with van der Waals surface area (Å²) in [4.78, 5) is 24.3. The number of benzene rings is 2. The lowest BCUT2D eigenvalue weighted by Crippen LogP contribution is -2.29. The van der Waals surface area contributed by atoms with Gasteiger partial charge >= 0.3 is 0 Å². The van der Waals surface area contributed by atoms with Crippen LogP contribution in [0.4, 0.5) is 4.39 Å². The average Bonchev–Trinajstić information content (AvgIpc) is 3.55. The standard InChI is InChI=1S/C28H28FN7O2S2/c1-40(32)11-10-36-24-13-20(27(31)37)4-5-23(24)34-26(36)16-35-8-6-19(7-9-35)25-15-33-28(39-25)38-17-21-3-2-18(14-30)12-22(21)29/h2-6,12-13,15,32H,7-11,16-17H2,1H3,(H2,31,37). The van der Waals surface area contributed by atoms with E-state index < -0.39 is 22.4 Å². The zero-order valence-corrected chi connectivity index (χ0v) is 23.5. The van der Waals surface area contributed by atoms with Crippen LogP contribution in [0.25, 0.3) is 16.6 Å². The van der Waals surface area contributed by atoms with Crippen LogP contribution in [-0.4, -0.2) is 50.4 Å². The van der Waals surface area contributed by atoms with E-state index in [1.165, 1.54) is 23.0 Å². The number of primary amides is 1. The molecular weight excluding hydrogens is 549 g/mol. The molecule has 1 atom stereocenters. The number of imidazole rings is 1. The van der Waals surface area contributed by atoms with Gasteiger partial charge in [-0.15, -0.1) is 10.7 Å². The van der Waals surface area contributed by atoms with Gasteiger partial charge in [-0.1, -0.05) is 23.5 Å². The van der Waals surface area contributed by atoms with Crippen molar-refractivity contribution < 1.29 is 13.9 Å². The molecule has 0 spiro atoms. The van der Waals surface area contributed by atoms with Gasteiger partial charge in [0.2, 0.25) is 5.91 Å². The van der Waals surface area contributed by atoms with Gasteiger partial charge < -0.3 is 15.0 Å². The molecule has 3 heterocycles. The van der Waals surface area contributed by atoms with Crippen molar-refractivity contribution in [2.24, 2.45) is 5.73 Å². The Morgan fingerprint density at radius 3 is 2.88 bits per heavy atom. The fourth-order valence-electron chi connectivity index (χ4n) is 4.55. The Balaban J connectivity index is 1.25. The summed E-state index contributed by atoms with van der Waals surface area (Å²) >= 11 is 1.43. The summed E-state index contributed by atoms with van der Waals surface area (Å²) in [6.45, 7) is 2.92. The molecule has 1 unspecified atom stereocenters. The number of carbonyl (C=O) groups is 1. The largest absolute Gasteiger partial charge is 0.465 e. The molecule has 206 valence electrons. The number of halogens is 1. The van der Waals surface area contributed by atoms with Crippen molar-refractivity contribution in [1.82, 2.24) is 19.4 Å². The van der Waals surface area contributed by atoms with Crippen molar-refractivity contribution in [2.75, 3.05) is 25.1 Å². The number of nitriles is 1. The van der Waals surface area contributed by atoms with Crippen molar-refractivity contribution in [1.29, 1.82) is 10.0 Å². The minimum absolute atomic E-state index is 0.0404. The predicted molar refractivity (Wildman–Crippen MR) is 155 cm³/mol. The Hall–Kier alpha value is -3.92. The maximum absolute atomic E-state index is 14.1. The molecule has 12 heteroatoms. The maximum Gasteiger partial charge on any atom is 0.274 e. The average molecular weight is 578 g/mol. The zero-order chi connectivity index (χ0) is 28.2. The van der Waals surface area contributed by atoms with Gasteiger partial charge in [-0.3, -0.25) is 14.5 Å². The molecule has 2 aromatic heterocycles. The molecule has 2 aromatic carbocycles. The molecule has 40 heavy (non-hydrogen) atoms. The van der Waals surface area contributed by atoms with Gasteiger partial charge in [-0.2, -0.15) is 5.26 Å². The van der Waals surface area contributed by atoms with Crippen molar-refractivity contribution >= 4 is 44.5 Å². The molecule has 5 rings (SSSR count). The van der Waals surface area contributed by atoms with E-state index in [4.69, 9.17) is 25.5 Å². The zero-order valence-electron chi connectivity index (χ0n) is 21.9. The Bertz CT molecular complexity index is 1670. The number of ether oxygens (including phenoxy) is 1. The summed E-state index contributed by atoms with van der Waals surface area (Å²) in [5, 5.41) is 9.36. The van der Waals surface area contributed by atoms with E-state index in [2.05, 4.69) is 20.5 Å². The topological polar surface area (TPSA) is 134 Å². The third-order valence-corrected chi connectivity index (χ3v) is 8.51. The van der Waals surface area contributed by atoms with Gasteiger partial charge in [0.25, 0.3) is 5.19 Å². The summed E-state index contributed by atoms with van der Waals surface area (Å²) in [6, 6.07) is 11.6. The van der Waals surface area contributed by atoms with E-state index in [0.29, 0.717) is 35.2 Å². The molecule has 0 aliphatic carbocycles. The van der Waals surface area contributed by atoms with Gasteiger partial charge in [0, 0.05) is 42.7 Å². The van der Waals surface area contributed by atoms with E-state index in [1.807, 2.05) is 18.4 Å². The van der Waals surface area contributed by atoms with Gasteiger partial charge in [0.1, 0.15) is 18.2 Å². The van der Waals surface area contributed by atoms with Gasteiger partial charge in [-0.05, 0) is 48.6 Å². The number of thiazole rings is 1. The minimum atomic E-state index is -0.473. The van der Waals surface area contributed by atoms with E-state index in [9.17, 15) is 9.18 Å². The van der Waals surface area contributed by atoms with Crippen LogP contribution in [0.1, 0.15) is 38.6 Å². The Labute approximate surface area is 237 Å². The fraction of sp³-hybridized carbons (Fsp3) is 0.286. The smallest absolute Gasteiger partial charge is 0.274 e. The molecule has 4 aromatic rings. The van der Waals surface area contributed by atoms with Crippen LogP contribution in [0.2, 0.25) is 0 Å². The monoisotopic (exact) mass is 577 g/mol. The molecule has 0 fully saturated rings. The van der Waals surface area contributed by atoms with Crippen molar-refractivity contribution in [3.63, 3.8) is 0 Å². The predicted octanol–water partition coefficient (Wildman–Crippen LogP) is 4.48. The second kappa shape index (κ2) is 12.1. The lowest BCUT2D eigenvalue weighted by molar-refractivity contribution is 0.100. The number of nitrogens with one attached hydrogen (secondary N) is 1. The summed E-state index contributed by atoms with van der Waals surface area (Å²) < 4.78 is 30.0. The van der Waals surface area contributed by atoms with E-state index in [0.717, 1.165) is 41.2 Å². The van der Waals surface area contributed by atoms with E-state index >= 15 is 0 Å². The lowest BCUT2D eigenvalue weighted by Gasteiger charge is -2.26. The summed E-state index contributed by atoms with van der Waals surface area (Å²) in [5.74, 6) is 0.667. The Morgan fingerprint density at radius 1 is 1.32 bits per heavy atom. The maximum atomic E-state index is 14.1. The third kappa shape index (κ3) is 6.28. The lowest BCUT2D eigenvalue weighted by atomic mass is 10.1. The van der Waals surface area contributed by atoms with Crippen molar-refractivity contribution in [3.8, 4) is 11.3 Å². The number of hydrogen-bond acceptors (Lipinski definition) is 8. The quantitative estimate of drug-likeness (QED) is 0.285. The normalized spacial score (nSPS) is 14.6. The molecule has 0 saturated carbocycles. The molecule has 0 bridgehead atoms. The number of nitrogens with zero attached hydrogens (tertiary/aromatic N) is 5. The first kappa shape index (κ1) is 27.6. The van der Waals surface area contributed by atoms with E-state index in [-0.39, 0.29) is 12.2 Å². The minimum Gasteiger partial charge on any atom is -0.465 e. The van der Waals surface area contributed by atoms with Crippen LogP contribution in [0.15, 0.2) is 48.7 Å². The second-order valence-electron chi connectivity index (χ2n) is 9.50. The van der Waals surface area contributed by atoms with Gasteiger partial charge in [-0.25, -0.2) is 14.4 Å². The fourth-order valence-corrected chi connectivity index (χ4v) is 5.84. The second-order valence-corrected chi connectivity index (χ2v) is 12.2. The van der Waals surface area contributed by atoms with Crippen LogP contribution in [0.5, 0.6) is 5.19 Å². The van der Waals surface area contributed by atoms with Crippen LogP contribution >= 0.6 is 11.3 Å². The highest BCUT2D eigenvalue weighted by Gasteiger charge is 2.20. The first-order chi connectivity index (χ1) is 19.3. The molecule has 3 N–H and O–H groups in total. The summed E-state index contributed by atoms with van der Waals surface area (Å²) in [7, 11) is -0.470. The molecular formula is C28H28FN7O2S2. The number of hydrogen-bond donors (Lipinski definition) is 2. The number of amides is 1. The highest BCUT2D eigenvalue weighted by atomic mass is 32.2. The SMILES string of the molecule is CS(=N)CCn1c(CN2CC=C(c3cnc(OCc4ccc(C#N)cc4F)s3)CC2)nc2ccc(C(N)=O)cc21. The molecule has 0 radical (unpaired) electrons. The Morgan fingerprint density at radius 2 is 2.17 bits per heavy atom. The molecule has 0 saturated heterocycles. The molecule has 1 amide bonds. The number of carbonyl (C=O) groups excluding carboxylic acids is 1. The molecule has 1 aliphatic rings. The van der Waals surface area contributed by atoms with E-state index in [1.54, 1.807) is 30.5 Å². The van der Waals surface area contributed by atoms with Crippen LogP contribution in [0, 0.1) is 21.9 Å². The number of nitrogens with two attached hydrogens (primary N) is 1. The number of aryl methyl sites for hydroxylation is 1. The van der Waals surface area contributed by atoms with Crippen molar-refractivity contribution in [2.45, 2.75) is 26.1 Å². The summed E-state index contributed by atoms with van der Waals surface area (Å²) in [6.07, 6.45) is 6.70. The third-order valence-electron chi connectivity index (χ3n) is 6.73. The highest BCUT2D eigenvalue weighted by molar-refractivity contribution is 7.85.